The van der Waals surface area contributed by atoms with Gasteiger partial charge in [0.25, 0.3) is 0 Å². The second-order valence-electron chi connectivity index (χ2n) is 3.38. The molecule has 0 aliphatic heterocycles. The highest BCUT2D eigenvalue weighted by molar-refractivity contribution is 5.28. The third kappa shape index (κ3) is 2.97. The molecule has 0 amide bonds. The molecule has 0 radical (unpaired) electrons. The van der Waals surface area contributed by atoms with Crippen molar-refractivity contribution in [1.29, 1.82) is 0 Å². The van der Waals surface area contributed by atoms with E-state index in [9.17, 15) is 4.39 Å². The van der Waals surface area contributed by atoms with Crippen molar-refractivity contribution in [1.82, 2.24) is 5.32 Å². The largest absolute Gasteiger partial charge is 0.508 e. The lowest BCUT2D eigenvalue weighted by Gasteiger charge is -2.24. The fourth-order valence-corrected chi connectivity index (χ4v) is 1.56. The number of hydrogen-bond donors (Lipinski definition) is 2. The third-order valence-corrected chi connectivity index (χ3v) is 2.34. The summed E-state index contributed by atoms with van der Waals surface area (Å²) in [7, 11) is 1.52. The van der Waals surface area contributed by atoms with Crippen molar-refractivity contribution in [2.24, 2.45) is 0 Å². The number of hydrogen-bond acceptors (Lipinski definition) is 3. The molecule has 1 aromatic rings. The molecule has 1 rings (SSSR count). The van der Waals surface area contributed by atoms with Crippen LogP contribution in [-0.2, 0) is 4.74 Å². The van der Waals surface area contributed by atoms with Gasteiger partial charge in [0, 0.05) is 7.11 Å². The van der Waals surface area contributed by atoms with Gasteiger partial charge in [-0.25, -0.2) is 4.39 Å². The minimum Gasteiger partial charge on any atom is -0.508 e. The fraction of sp³-hybridized carbons (Fsp3) is 0.333. The van der Waals surface area contributed by atoms with Gasteiger partial charge in [-0.15, -0.1) is 0 Å². The van der Waals surface area contributed by atoms with Crippen LogP contribution in [0.3, 0.4) is 0 Å². The second-order valence-corrected chi connectivity index (χ2v) is 3.38. The van der Waals surface area contributed by atoms with Crippen molar-refractivity contribution in [3.05, 3.63) is 42.6 Å². The van der Waals surface area contributed by atoms with Crippen LogP contribution in [0, 0.1) is 0 Å². The lowest BCUT2D eigenvalue weighted by molar-refractivity contribution is 0.0635. The maximum absolute atomic E-state index is 12.8. The van der Waals surface area contributed by atoms with E-state index in [1.165, 1.54) is 13.3 Å². The lowest BCUT2D eigenvalue weighted by atomic mass is 10.0. The standard InChI is InChI=1S/C12H16FNO2/c1-3-14-11(8-13)12(16-2)9-4-6-10(15)7-5-9/h3-7,11-12,14-15H,1,8H2,2H3. The summed E-state index contributed by atoms with van der Waals surface area (Å²) in [5, 5.41) is 12.0. The van der Waals surface area contributed by atoms with Gasteiger partial charge in [-0.05, 0) is 23.9 Å². The molecule has 3 nitrogen and oxygen atoms in total. The maximum atomic E-state index is 12.8. The number of halogens is 1. The first-order valence-corrected chi connectivity index (χ1v) is 4.97. The molecule has 0 spiro atoms. The van der Waals surface area contributed by atoms with E-state index < -0.39 is 18.8 Å². The SMILES string of the molecule is C=CNC(CF)C(OC)c1ccc(O)cc1. The second kappa shape index (κ2) is 6.12. The Bertz CT molecular complexity index is 326. The summed E-state index contributed by atoms with van der Waals surface area (Å²) < 4.78 is 18.1. The molecule has 4 heteroatoms. The van der Waals surface area contributed by atoms with Crippen molar-refractivity contribution in [3.8, 4) is 5.75 Å². The van der Waals surface area contributed by atoms with Crippen molar-refractivity contribution in [2.45, 2.75) is 12.1 Å². The number of alkyl halides is 1. The van der Waals surface area contributed by atoms with E-state index in [-0.39, 0.29) is 5.75 Å². The van der Waals surface area contributed by atoms with Crippen LogP contribution in [-0.4, -0.2) is 24.9 Å². The van der Waals surface area contributed by atoms with Crippen LogP contribution in [0.1, 0.15) is 11.7 Å². The smallest absolute Gasteiger partial charge is 0.115 e. The van der Waals surface area contributed by atoms with E-state index in [2.05, 4.69) is 11.9 Å². The average molecular weight is 225 g/mol. The molecule has 0 saturated carbocycles. The van der Waals surface area contributed by atoms with Gasteiger partial charge in [-0.2, -0.15) is 0 Å². The van der Waals surface area contributed by atoms with E-state index in [0.717, 1.165) is 5.56 Å². The molecule has 2 N–H and O–H groups in total. The summed E-state index contributed by atoms with van der Waals surface area (Å²) in [6, 6.07) is 6.02. The van der Waals surface area contributed by atoms with Crippen LogP contribution in [0.4, 0.5) is 4.39 Å². The maximum Gasteiger partial charge on any atom is 0.115 e. The van der Waals surface area contributed by atoms with Crippen LogP contribution < -0.4 is 5.32 Å². The Hall–Kier alpha value is -1.55. The predicted molar refractivity (Wildman–Crippen MR) is 61.0 cm³/mol. The molecule has 0 aliphatic rings. The monoisotopic (exact) mass is 225 g/mol. The molecule has 0 aromatic heterocycles. The highest BCUT2D eigenvalue weighted by atomic mass is 19.1. The van der Waals surface area contributed by atoms with Gasteiger partial charge in [-0.3, -0.25) is 0 Å². The molecule has 0 saturated heterocycles. The first-order valence-electron chi connectivity index (χ1n) is 4.97. The van der Waals surface area contributed by atoms with Gasteiger partial charge in [0.15, 0.2) is 0 Å². The molecule has 1 aromatic carbocycles. The average Bonchev–Trinajstić information content (AvgIpc) is 2.31. The van der Waals surface area contributed by atoms with Crippen molar-refractivity contribution < 1.29 is 14.2 Å². The summed E-state index contributed by atoms with van der Waals surface area (Å²) in [5.74, 6) is 0.173. The fourth-order valence-electron chi connectivity index (χ4n) is 1.56. The number of phenolic OH excluding ortho intramolecular Hbond substituents is 1. The zero-order valence-electron chi connectivity index (χ0n) is 9.19. The van der Waals surface area contributed by atoms with Gasteiger partial charge in [-0.1, -0.05) is 18.7 Å². The van der Waals surface area contributed by atoms with Crippen molar-refractivity contribution >= 4 is 0 Å². The normalized spacial score (nSPS) is 14.1. The summed E-state index contributed by atoms with van der Waals surface area (Å²) in [4.78, 5) is 0. The Kier molecular flexibility index (Phi) is 4.79. The highest BCUT2D eigenvalue weighted by Gasteiger charge is 2.21. The topological polar surface area (TPSA) is 41.5 Å². The van der Waals surface area contributed by atoms with E-state index in [1.807, 2.05) is 0 Å². The van der Waals surface area contributed by atoms with E-state index in [1.54, 1.807) is 24.3 Å². The third-order valence-electron chi connectivity index (χ3n) is 2.34. The first kappa shape index (κ1) is 12.5. The molecule has 0 bridgehead atoms. The van der Waals surface area contributed by atoms with Crippen LogP contribution >= 0.6 is 0 Å². The van der Waals surface area contributed by atoms with Gasteiger partial charge in [0.05, 0.1) is 6.04 Å². The molecule has 16 heavy (non-hydrogen) atoms. The number of ether oxygens (including phenoxy) is 1. The van der Waals surface area contributed by atoms with Crippen LogP contribution in [0.5, 0.6) is 5.75 Å². The van der Waals surface area contributed by atoms with E-state index in [0.29, 0.717) is 0 Å². The van der Waals surface area contributed by atoms with Gasteiger partial charge in [0.1, 0.15) is 18.5 Å². The first-order chi connectivity index (χ1) is 7.72. The Morgan fingerprint density at radius 1 is 1.50 bits per heavy atom. The summed E-state index contributed by atoms with van der Waals surface area (Å²) >= 11 is 0. The zero-order chi connectivity index (χ0) is 12.0. The number of benzene rings is 1. The van der Waals surface area contributed by atoms with Gasteiger partial charge in [0.2, 0.25) is 0 Å². The number of aromatic hydroxyl groups is 1. The predicted octanol–water partition coefficient (Wildman–Crippen LogP) is 2.15. The summed E-state index contributed by atoms with van der Waals surface area (Å²) in [5.41, 5.74) is 0.803. The van der Waals surface area contributed by atoms with Gasteiger partial charge >= 0.3 is 0 Å². The lowest BCUT2D eigenvalue weighted by Crippen LogP contribution is -2.34. The van der Waals surface area contributed by atoms with Gasteiger partial charge < -0.3 is 15.2 Å². The zero-order valence-corrected chi connectivity index (χ0v) is 9.19. The molecule has 0 fully saturated rings. The Morgan fingerprint density at radius 3 is 2.56 bits per heavy atom. The molecular formula is C12H16FNO2. The van der Waals surface area contributed by atoms with Crippen LogP contribution in [0.15, 0.2) is 37.0 Å². The highest BCUT2D eigenvalue weighted by Crippen LogP contribution is 2.23. The quantitative estimate of drug-likeness (QED) is 0.779. The van der Waals surface area contributed by atoms with Crippen molar-refractivity contribution in [2.75, 3.05) is 13.8 Å². The van der Waals surface area contributed by atoms with Crippen LogP contribution in [0.25, 0.3) is 0 Å². The van der Waals surface area contributed by atoms with E-state index in [4.69, 9.17) is 9.84 Å². The number of rotatable bonds is 6. The molecule has 0 aliphatic carbocycles. The molecule has 2 unspecified atom stereocenters. The molecule has 2 atom stereocenters. The number of nitrogens with one attached hydrogen (secondary N) is 1. The number of methoxy groups -OCH3 is 1. The minimum atomic E-state index is -0.564. The molecule has 88 valence electrons. The Labute approximate surface area is 94.6 Å². The minimum absolute atomic E-state index is 0.173. The van der Waals surface area contributed by atoms with Crippen LogP contribution in [0.2, 0.25) is 0 Å². The van der Waals surface area contributed by atoms with E-state index >= 15 is 0 Å². The summed E-state index contributed by atoms with van der Waals surface area (Å²) in [6.07, 6.45) is 1.03. The molecular weight excluding hydrogens is 209 g/mol. The summed E-state index contributed by atoms with van der Waals surface area (Å²) in [6.45, 7) is 2.94. The Balaban J connectivity index is 2.87. The number of phenols is 1. The van der Waals surface area contributed by atoms with Crippen molar-refractivity contribution in [3.63, 3.8) is 0 Å². The Morgan fingerprint density at radius 2 is 2.12 bits per heavy atom. The molecule has 0 heterocycles.